The summed E-state index contributed by atoms with van der Waals surface area (Å²) in [5, 5.41) is 4.02. The van der Waals surface area contributed by atoms with Crippen molar-refractivity contribution in [1.29, 1.82) is 0 Å². The van der Waals surface area contributed by atoms with Crippen molar-refractivity contribution in [1.82, 2.24) is 15.0 Å². The SMILES string of the molecule is CCCOc1ccc(C(=O)N2CCCC(c3nc(-c4cccc(F)c4)no3)C2)cc1OCCC. The maximum atomic E-state index is 13.6. The second-order valence-corrected chi connectivity index (χ2v) is 8.42. The van der Waals surface area contributed by atoms with E-state index in [4.69, 9.17) is 14.0 Å². The Hall–Kier alpha value is -3.42. The molecule has 0 saturated carbocycles. The Bertz CT molecular complexity index is 1120. The number of aromatic nitrogens is 2. The molecular weight excluding hydrogens is 437 g/mol. The van der Waals surface area contributed by atoms with Crippen molar-refractivity contribution >= 4 is 5.91 Å². The monoisotopic (exact) mass is 467 g/mol. The van der Waals surface area contributed by atoms with Gasteiger partial charge in [-0.2, -0.15) is 4.98 Å². The van der Waals surface area contributed by atoms with Crippen molar-refractivity contribution < 1.29 is 23.2 Å². The van der Waals surface area contributed by atoms with Crippen molar-refractivity contribution in [3.05, 3.63) is 59.7 Å². The highest BCUT2D eigenvalue weighted by atomic mass is 19.1. The zero-order valence-electron chi connectivity index (χ0n) is 19.6. The molecule has 1 atom stereocenters. The summed E-state index contributed by atoms with van der Waals surface area (Å²) >= 11 is 0. The number of halogens is 1. The second kappa shape index (κ2) is 11.1. The van der Waals surface area contributed by atoms with E-state index in [9.17, 15) is 9.18 Å². The topological polar surface area (TPSA) is 77.7 Å². The molecule has 4 rings (SSSR count). The normalized spacial score (nSPS) is 15.9. The average molecular weight is 468 g/mol. The van der Waals surface area contributed by atoms with Crippen LogP contribution in [0, 0.1) is 5.82 Å². The molecule has 3 aromatic rings. The summed E-state index contributed by atoms with van der Waals surface area (Å²) in [7, 11) is 0. The minimum absolute atomic E-state index is 0.0713. The highest BCUT2D eigenvalue weighted by Gasteiger charge is 2.29. The molecule has 2 heterocycles. The molecule has 1 aromatic heterocycles. The predicted molar refractivity (Wildman–Crippen MR) is 126 cm³/mol. The van der Waals surface area contributed by atoms with Crippen LogP contribution in [0.15, 0.2) is 47.0 Å². The van der Waals surface area contributed by atoms with Crippen LogP contribution >= 0.6 is 0 Å². The number of nitrogens with zero attached hydrogens (tertiary/aromatic N) is 3. The van der Waals surface area contributed by atoms with E-state index in [1.54, 1.807) is 30.3 Å². The molecule has 1 aliphatic rings. The largest absolute Gasteiger partial charge is 0.490 e. The predicted octanol–water partition coefficient (Wildman–Crippen LogP) is 5.47. The molecule has 1 saturated heterocycles. The zero-order chi connectivity index (χ0) is 23.9. The number of ether oxygens (including phenoxy) is 2. The van der Waals surface area contributed by atoms with Crippen molar-refractivity contribution in [2.75, 3.05) is 26.3 Å². The maximum absolute atomic E-state index is 13.6. The lowest BCUT2D eigenvalue weighted by Gasteiger charge is -2.31. The highest BCUT2D eigenvalue weighted by Crippen LogP contribution is 2.32. The Morgan fingerprint density at radius 2 is 1.91 bits per heavy atom. The number of carbonyl (C=O) groups excluding carboxylic acids is 1. The van der Waals surface area contributed by atoms with E-state index in [0.717, 1.165) is 25.7 Å². The fourth-order valence-corrected chi connectivity index (χ4v) is 3.99. The van der Waals surface area contributed by atoms with Crippen molar-refractivity contribution in [2.45, 2.75) is 45.4 Å². The number of benzene rings is 2. The van der Waals surface area contributed by atoms with Crippen LogP contribution in [-0.2, 0) is 0 Å². The van der Waals surface area contributed by atoms with Crippen LogP contribution in [0.5, 0.6) is 11.5 Å². The van der Waals surface area contributed by atoms with Gasteiger partial charge in [-0.25, -0.2) is 4.39 Å². The Labute approximate surface area is 198 Å². The first-order valence-corrected chi connectivity index (χ1v) is 11.9. The van der Waals surface area contributed by atoms with Crippen LogP contribution in [-0.4, -0.2) is 47.3 Å². The van der Waals surface area contributed by atoms with Gasteiger partial charge in [0.15, 0.2) is 11.5 Å². The van der Waals surface area contributed by atoms with Crippen LogP contribution in [0.25, 0.3) is 11.4 Å². The van der Waals surface area contributed by atoms with Gasteiger partial charge in [0.1, 0.15) is 5.82 Å². The average Bonchev–Trinajstić information content (AvgIpc) is 3.37. The van der Waals surface area contributed by atoms with E-state index >= 15 is 0 Å². The molecule has 2 aromatic carbocycles. The van der Waals surface area contributed by atoms with Gasteiger partial charge in [-0.3, -0.25) is 4.79 Å². The summed E-state index contributed by atoms with van der Waals surface area (Å²) in [4.78, 5) is 19.6. The van der Waals surface area contributed by atoms with Crippen molar-refractivity contribution in [2.24, 2.45) is 0 Å². The van der Waals surface area contributed by atoms with Crippen molar-refractivity contribution in [3.63, 3.8) is 0 Å². The third-order valence-corrected chi connectivity index (χ3v) is 5.70. The van der Waals surface area contributed by atoms with Gasteiger partial charge >= 0.3 is 0 Å². The lowest BCUT2D eigenvalue weighted by Crippen LogP contribution is -2.39. The van der Waals surface area contributed by atoms with Gasteiger partial charge < -0.3 is 18.9 Å². The molecule has 0 spiro atoms. The van der Waals surface area contributed by atoms with Gasteiger partial charge in [-0.15, -0.1) is 0 Å². The van der Waals surface area contributed by atoms with E-state index in [1.165, 1.54) is 12.1 Å². The molecule has 1 fully saturated rings. The summed E-state index contributed by atoms with van der Waals surface area (Å²) in [6.07, 6.45) is 3.41. The summed E-state index contributed by atoms with van der Waals surface area (Å²) in [5.41, 5.74) is 1.12. The summed E-state index contributed by atoms with van der Waals surface area (Å²) < 4.78 is 30.7. The minimum atomic E-state index is -0.355. The summed E-state index contributed by atoms with van der Waals surface area (Å²) in [6.45, 7) is 6.35. The van der Waals surface area contributed by atoms with Gasteiger partial charge in [0.05, 0.1) is 19.1 Å². The molecular formula is C26H30FN3O4. The molecule has 7 nitrogen and oxygen atoms in total. The Kier molecular flexibility index (Phi) is 7.77. The molecule has 0 radical (unpaired) electrons. The molecule has 0 N–H and O–H groups in total. The van der Waals surface area contributed by atoms with Crippen LogP contribution in [0.1, 0.15) is 61.7 Å². The van der Waals surface area contributed by atoms with Gasteiger partial charge in [0.2, 0.25) is 11.7 Å². The number of carbonyl (C=O) groups is 1. The number of likely N-dealkylation sites (tertiary alicyclic amines) is 1. The van der Waals surface area contributed by atoms with Crippen LogP contribution in [0.2, 0.25) is 0 Å². The number of rotatable bonds is 9. The number of hydrogen-bond donors (Lipinski definition) is 0. The molecule has 0 bridgehead atoms. The number of amides is 1. The van der Waals surface area contributed by atoms with Gasteiger partial charge in [-0.05, 0) is 56.0 Å². The minimum Gasteiger partial charge on any atom is -0.490 e. The molecule has 1 aliphatic heterocycles. The van der Waals surface area contributed by atoms with Crippen LogP contribution in [0.3, 0.4) is 0 Å². The van der Waals surface area contributed by atoms with E-state index in [2.05, 4.69) is 10.1 Å². The number of hydrogen-bond acceptors (Lipinski definition) is 6. The first-order valence-electron chi connectivity index (χ1n) is 11.9. The van der Waals surface area contributed by atoms with E-state index in [0.29, 0.717) is 60.6 Å². The third-order valence-electron chi connectivity index (χ3n) is 5.70. The van der Waals surface area contributed by atoms with Gasteiger partial charge in [0, 0.05) is 24.2 Å². The molecule has 8 heteroatoms. The Morgan fingerprint density at radius 1 is 1.12 bits per heavy atom. The number of piperidine rings is 1. The van der Waals surface area contributed by atoms with Crippen LogP contribution < -0.4 is 9.47 Å². The first kappa shape index (κ1) is 23.7. The van der Waals surface area contributed by atoms with Gasteiger partial charge in [0.25, 0.3) is 5.91 Å². The quantitative estimate of drug-likeness (QED) is 0.415. The second-order valence-electron chi connectivity index (χ2n) is 8.42. The van der Waals surface area contributed by atoms with E-state index < -0.39 is 0 Å². The van der Waals surface area contributed by atoms with E-state index in [-0.39, 0.29) is 17.6 Å². The lowest BCUT2D eigenvalue weighted by molar-refractivity contribution is 0.0695. The maximum Gasteiger partial charge on any atom is 0.254 e. The smallest absolute Gasteiger partial charge is 0.254 e. The molecule has 34 heavy (non-hydrogen) atoms. The zero-order valence-corrected chi connectivity index (χ0v) is 19.6. The molecule has 1 amide bonds. The Balaban J connectivity index is 1.48. The summed E-state index contributed by atoms with van der Waals surface area (Å²) in [5.74, 6) is 1.55. The van der Waals surface area contributed by atoms with E-state index in [1.807, 2.05) is 18.7 Å². The Morgan fingerprint density at radius 3 is 2.68 bits per heavy atom. The van der Waals surface area contributed by atoms with Gasteiger partial charge in [-0.1, -0.05) is 31.1 Å². The first-order chi connectivity index (χ1) is 16.6. The highest BCUT2D eigenvalue weighted by molar-refractivity contribution is 5.95. The third kappa shape index (κ3) is 5.55. The lowest BCUT2D eigenvalue weighted by atomic mass is 9.97. The summed E-state index contributed by atoms with van der Waals surface area (Å²) in [6, 6.07) is 11.4. The molecule has 1 unspecified atom stereocenters. The molecule has 0 aliphatic carbocycles. The van der Waals surface area contributed by atoms with Crippen LogP contribution in [0.4, 0.5) is 4.39 Å². The van der Waals surface area contributed by atoms with Crippen molar-refractivity contribution in [3.8, 4) is 22.9 Å². The molecule has 180 valence electrons. The fraction of sp³-hybridized carbons (Fsp3) is 0.423. The fourth-order valence-electron chi connectivity index (χ4n) is 3.99. The standard InChI is InChI=1S/C26H30FN3O4/c1-3-13-32-22-11-10-19(16-23(22)33-14-4-2)26(31)30-12-6-8-20(17-30)25-28-24(29-34-25)18-7-5-9-21(27)15-18/h5,7,9-11,15-16,20H,3-4,6,8,12-14,17H2,1-2H3.